The summed E-state index contributed by atoms with van der Waals surface area (Å²) in [5.74, 6) is -0.129. The van der Waals surface area contributed by atoms with E-state index in [1.54, 1.807) is 4.90 Å². The largest absolute Gasteiger partial charge is 0.430 e. The van der Waals surface area contributed by atoms with Crippen LogP contribution in [0, 0.1) is 0 Å². The molecule has 0 saturated carbocycles. The Hall–Kier alpha value is -1.62. The highest BCUT2D eigenvalue weighted by Gasteiger charge is 2.26. The lowest BCUT2D eigenvalue weighted by Gasteiger charge is -2.35. The zero-order valence-corrected chi connectivity index (χ0v) is 9.88. The van der Waals surface area contributed by atoms with E-state index in [9.17, 15) is 9.59 Å². The van der Waals surface area contributed by atoms with Crippen molar-refractivity contribution < 1.29 is 13.9 Å². The molecule has 1 amide bonds. The topological polar surface area (TPSA) is 59.8 Å². The highest BCUT2D eigenvalue weighted by molar-refractivity contribution is 5.93. The lowest BCUT2D eigenvalue weighted by Crippen LogP contribution is -2.48. The van der Waals surface area contributed by atoms with E-state index in [2.05, 4.69) is 4.42 Å². The number of nitrogens with zero attached hydrogens (tertiary/aromatic N) is 1. The van der Waals surface area contributed by atoms with Crippen LogP contribution in [0.15, 0.2) is 27.6 Å². The monoisotopic (exact) mass is 237 g/mol. The van der Waals surface area contributed by atoms with Gasteiger partial charge in [-0.1, -0.05) is 0 Å². The Kier molecular flexibility index (Phi) is 3.28. The summed E-state index contributed by atoms with van der Waals surface area (Å²) in [7, 11) is 0. The molecular formula is C12H15NO4. The molecule has 0 bridgehead atoms. The van der Waals surface area contributed by atoms with Gasteiger partial charge < -0.3 is 14.1 Å². The van der Waals surface area contributed by atoms with Gasteiger partial charge in [-0.15, -0.1) is 0 Å². The quantitative estimate of drug-likeness (QED) is 0.727. The van der Waals surface area contributed by atoms with Crippen molar-refractivity contribution in [2.45, 2.75) is 26.1 Å². The first kappa shape index (κ1) is 11.9. The SMILES string of the molecule is C[C@@H]1CN(C(=O)c2ccc(=O)oc2)C[C@H](C)O1. The van der Waals surface area contributed by atoms with Crippen LogP contribution in [0.25, 0.3) is 0 Å². The molecule has 0 N–H and O–H groups in total. The zero-order valence-electron chi connectivity index (χ0n) is 9.88. The summed E-state index contributed by atoms with van der Waals surface area (Å²) in [6, 6.07) is 2.74. The molecule has 5 heteroatoms. The van der Waals surface area contributed by atoms with Crippen LogP contribution in [0.1, 0.15) is 24.2 Å². The van der Waals surface area contributed by atoms with E-state index in [4.69, 9.17) is 4.74 Å². The van der Waals surface area contributed by atoms with Gasteiger partial charge in [0.1, 0.15) is 6.26 Å². The van der Waals surface area contributed by atoms with Crippen molar-refractivity contribution in [3.05, 3.63) is 34.4 Å². The first-order valence-corrected chi connectivity index (χ1v) is 5.60. The number of rotatable bonds is 1. The Bertz CT molecular complexity index is 437. The minimum Gasteiger partial charge on any atom is -0.430 e. The lowest BCUT2D eigenvalue weighted by molar-refractivity contribution is -0.0586. The maximum absolute atomic E-state index is 12.1. The fourth-order valence-corrected chi connectivity index (χ4v) is 2.01. The van der Waals surface area contributed by atoms with Crippen molar-refractivity contribution in [3.8, 4) is 0 Å². The molecule has 0 aliphatic carbocycles. The van der Waals surface area contributed by atoms with Crippen molar-refractivity contribution in [2.24, 2.45) is 0 Å². The van der Waals surface area contributed by atoms with Crippen LogP contribution in [0.3, 0.4) is 0 Å². The lowest BCUT2D eigenvalue weighted by atomic mass is 10.2. The van der Waals surface area contributed by atoms with Gasteiger partial charge in [0.05, 0.1) is 17.8 Å². The molecule has 1 aliphatic rings. The van der Waals surface area contributed by atoms with Gasteiger partial charge in [0, 0.05) is 19.2 Å². The van der Waals surface area contributed by atoms with E-state index >= 15 is 0 Å². The minimum absolute atomic E-state index is 0.0263. The fraction of sp³-hybridized carbons (Fsp3) is 0.500. The summed E-state index contributed by atoms with van der Waals surface area (Å²) in [4.78, 5) is 24.6. The predicted molar refractivity (Wildman–Crippen MR) is 60.9 cm³/mol. The van der Waals surface area contributed by atoms with E-state index in [1.165, 1.54) is 18.4 Å². The van der Waals surface area contributed by atoms with Gasteiger partial charge in [0.15, 0.2) is 0 Å². The van der Waals surface area contributed by atoms with Crippen molar-refractivity contribution in [3.63, 3.8) is 0 Å². The maximum Gasteiger partial charge on any atom is 0.335 e. The Morgan fingerprint density at radius 1 is 1.29 bits per heavy atom. The molecule has 2 atom stereocenters. The van der Waals surface area contributed by atoms with E-state index < -0.39 is 5.63 Å². The number of morpholine rings is 1. The summed E-state index contributed by atoms with van der Waals surface area (Å²) in [6.07, 6.45) is 1.26. The number of carbonyl (C=O) groups is 1. The highest BCUT2D eigenvalue weighted by Crippen LogP contribution is 2.13. The fourth-order valence-electron chi connectivity index (χ4n) is 2.01. The van der Waals surface area contributed by atoms with Crippen LogP contribution in [0.4, 0.5) is 0 Å². The van der Waals surface area contributed by atoms with Crippen LogP contribution in [0.5, 0.6) is 0 Å². The second-order valence-corrected chi connectivity index (χ2v) is 4.31. The maximum atomic E-state index is 12.1. The summed E-state index contributed by atoms with van der Waals surface area (Å²) in [5.41, 5.74) is -0.0591. The van der Waals surface area contributed by atoms with Crippen LogP contribution < -0.4 is 5.63 Å². The van der Waals surface area contributed by atoms with Gasteiger partial charge in [-0.3, -0.25) is 4.79 Å². The van der Waals surface area contributed by atoms with Gasteiger partial charge in [-0.2, -0.15) is 0 Å². The molecule has 0 aromatic carbocycles. The molecule has 17 heavy (non-hydrogen) atoms. The van der Waals surface area contributed by atoms with Gasteiger partial charge in [0.25, 0.3) is 5.91 Å². The number of ether oxygens (including phenoxy) is 1. The number of hydrogen-bond donors (Lipinski definition) is 0. The molecule has 5 nitrogen and oxygen atoms in total. The Morgan fingerprint density at radius 2 is 1.94 bits per heavy atom. The van der Waals surface area contributed by atoms with E-state index in [-0.39, 0.29) is 18.1 Å². The van der Waals surface area contributed by atoms with Gasteiger partial charge in [0.2, 0.25) is 0 Å². The van der Waals surface area contributed by atoms with Gasteiger partial charge in [-0.25, -0.2) is 4.79 Å². The molecule has 1 saturated heterocycles. The third-order valence-electron chi connectivity index (χ3n) is 2.65. The number of hydrogen-bond acceptors (Lipinski definition) is 4. The average molecular weight is 237 g/mol. The normalized spacial score (nSPS) is 24.7. The summed E-state index contributed by atoms with van der Waals surface area (Å²) < 4.78 is 10.2. The molecule has 2 heterocycles. The van der Waals surface area contributed by atoms with Crippen molar-refractivity contribution in [1.82, 2.24) is 4.90 Å². The third-order valence-corrected chi connectivity index (χ3v) is 2.65. The number of amides is 1. The van der Waals surface area contributed by atoms with Gasteiger partial charge in [-0.05, 0) is 19.9 Å². The Morgan fingerprint density at radius 3 is 2.47 bits per heavy atom. The molecule has 2 rings (SSSR count). The Balaban J connectivity index is 2.14. The van der Waals surface area contributed by atoms with Crippen molar-refractivity contribution in [1.29, 1.82) is 0 Å². The Labute approximate surface area is 99.0 Å². The average Bonchev–Trinajstić information content (AvgIpc) is 2.28. The standard InChI is InChI=1S/C12H15NO4/c1-8-5-13(6-9(2)17-8)12(15)10-3-4-11(14)16-7-10/h3-4,7-9H,5-6H2,1-2H3/t8-,9+. The third kappa shape index (κ3) is 2.74. The zero-order chi connectivity index (χ0) is 12.4. The molecule has 1 aromatic rings. The second-order valence-electron chi connectivity index (χ2n) is 4.31. The molecule has 92 valence electrons. The molecule has 0 unspecified atom stereocenters. The molecule has 1 aromatic heterocycles. The number of carbonyl (C=O) groups excluding carboxylic acids is 1. The van der Waals surface area contributed by atoms with Crippen LogP contribution >= 0.6 is 0 Å². The van der Waals surface area contributed by atoms with Crippen LogP contribution in [0.2, 0.25) is 0 Å². The van der Waals surface area contributed by atoms with Crippen LogP contribution in [-0.2, 0) is 4.74 Å². The van der Waals surface area contributed by atoms with Gasteiger partial charge >= 0.3 is 5.63 Å². The molecule has 0 radical (unpaired) electrons. The molecule has 1 aliphatic heterocycles. The smallest absolute Gasteiger partial charge is 0.335 e. The summed E-state index contributed by atoms with van der Waals surface area (Å²) in [6.45, 7) is 4.98. The summed E-state index contributed by atoms with van der Waals surface area (Å²) in [5, 5.41) is 0. The first-order chi connectivity index (χ1) is 8.06. The molecule has 0 spiro atoms. The minimum atomic E-state index is -0.453. The van der Waals surface area contributed by atoms with E-state index in [1.807, 2.05) is 13.8 Å². The first-order valence-electron chi connectivity index (χ1n) is 5.60. The van der Waals surface area contributed by atoms with E-state index in [0.29, 0.717) is 18.7 Å². The van der Waals surface area contributed by atoms with Crippen molar-refractivity contribution >= 4 is 5.91 Å². The van der Waals surface area contributed by atoms with Crippen LogP contribution in [-0.4, -0.2) is 36.1 Å². The molecule has 1 fully saturated rings. The second kappa shape index (κ2) is 4.71. The highest BCUT2D eigenvalue weighted by atomic mass is 16.5. The summed E-state index contributed by atoms with van der Waals surface area (Å²) >= 11 is 0. The molecular weight excluding hydrogens is 222 g/mol. The van der Waals surface area contributed by atoms with Crippen molar-refractivity contribution in [2.75, 3.05) is 13.1 Å². The van der Waals surface area contributed by atoms with E-state index in [0.717, 1.165) is 0 Å². The predicted octanol–water partition coefficient (Wildman–Crippen LogP) is 0.889.